The van der Waals surface area contributed by atoms with E-state index in [-0.39, 0.29) is 5.91 Å². The second-order valence-electron chi connectivity index (χ2n) is 6.34. The average molecular weight is 351 g/mol. The molecule has 1 unspecified atom stereocenters. The molecule has 1 heterocycles. The molecule has 4 heteroatoms. The molecule has 1 amide bonds. The van der Waals surface area contributed by atoms with Crippen molar-refractivity contribution in [3.63, 3.8) is 0 Å². The van der Waals surface area contributed by atoms with Crippen LogP contribution in [-0.2, 0) is 0 Å². The maximum Gasteiger partial charge on any atom is 0.256 e. The van der Waals surface area contributed by atoms with Crippen molar-refractivity contribution in [3.8, 4) is 0 Å². The van der Waals surface area contributed by atoms with Gasteiger partial charge in [0.2, 0.25) is 0 Å². The normalized spacial score (nSPS) is 23.5. The molecule has 1 aromatic rings. The van der Waals surface area contributed by atoms with Gasteiger partial charge in [-0.2, -0.15) is 0 Å². The predicted molar refractivity (Wildman–Crippen MR) is 89.2 cm³/mol. The zero-order chi connectivity index (χ0) is 14.8. The Morgan fingerprint density at radius 3 is 2.67 bits per heavy atom. The Kier molecular flexibility index (Phi) is 4.53. The molecule has 3 nitrogen and oxygen atoms in total. The Morgan fingerprint density at radius 2 is 1.90 bits per heavy atom. The second-order valence-corrected chi connectivity index (χ2v) is 7.25. The molecule has 1 saturated carbocycles. The summed E-state index contributed by atoms with van der Waals surface area (Å²) in [6.07, 6.45) is 8.84. The van der Waals surface area contributed by atoms with Gasteiger partial charge in [0, 0.05) is 22.7 Å². The summed E-state index contributed by atoms with van der Waals surface area (Å²) in [5.74, 6) is 0.806. The molecule has 0 aromatic heterocycles. The van der Waals surface area contributed by atoms with Gasteiger partial charge < -0.3 is 10.6 Å². The van der Waals surface area contributed by atoms with Gasteiger partial charge in [0.1, 0.15) is 0 Å². The molecular weight excluding hydrogens is 328 g/mol. The van der Waals surface area contributed by atoms with Crippen LogP contribution >= 0.6 is 15.9 Å². The largest absolute Gasteiger partial charge is 0.398 e. The standard InChI is InChI=1S/C17H23BrN2O/c18-13-8-9-15(19)14(11-13)17(21)20-10-4-7-16(20)12-5-2-1-3-6-12/h8-9,11-12,16H,1-7,10,19H2. The van der Waals surface area contributed by atoms with E-state index in [1.165, 1.54) is 32.1 Å². The highest BCUT2D eigenvalue weighted by Gasteiger charge is 2.35. The van der Waals surface area contributed by atoms with Crippen molar-refractivity contribution in [3.05, 3.63) is 28.2 Å². The number of anilines is 1. The highest BCUT2D eigenvalue weighted by molar-refractivity contribution is 9.10. The van der Waals surface area contributed by atoms with Gasteiger partial charge in [0.05, 0.1) is 5.56 Å². The van der Waals surface area contributed by atoms with Gasteiger partial charge in [0.25, 0.3) is 5.91 Å². The Morgan fingerprint density at radius 1 is 1.14 bits per heavy atom. The third-order valence-electron chi connectivity index (χ3n) is 5.00. The first kappa shape index (κ1) is 14.9. The Bertz CT molecular complexity index is 526. The Balaban J connectivity index is 1.80. The van der Waals surface area contributed by atoms with E-state index in [2.05, 4.69) is 20.8 Å². The molecule has 0 spiro atoms. The molecule has 1 saturated heterocycles. The van der Waals surface area contributed by atoms with Crippen molar-refractivity contribution < 1.29 is 4.79 Å². The topological polar surface area (TPSA) is 46.3 Å². The van der Waals surface area contributed by atoms with E-state index in [0.29, 0.717) is 23.2 Å². The summed E-state index contributed by atoms with van der Waals surface area (Å²) in [5.41, 5.74) is 7.24. The third kappa shape index (κ3) is 3.10. The van der Waals surface area contributed by atoms with Crippen LogP contribution in [0.2, 0.25) is 0 Å². The summed E-state index contributed by atoms with van der Waals surface area (Å²) in [6.45, 7) is 0.881. The van der Waals surface area contributed by atoms with Crippen LogP contribution < -0.4 is 5.73 Å². The van der Waals surface area contributed by atoms with Crippen molar-refractivity contribution in [1.82, 2.24) is 4.90 Å². The molecule has 1 atom stereocenters. The van der Waals surface area contributed by atoms with E-state index in [4.69, 9.17) is 5.73 Å². The van der Waals surface area contributed by atoms with Crippen molar-refractivity contribution in [2.75, 3.05) is 12.3 Å². The monoisotopic (exact) mass is 350 g/mol. The number of carbonyl (C=O) groups excluding carboxylic acids is 1. The van der Waals surface area contributed by atoms with Crippen molar-refractivity contribution in [1.29, 1.82) is 0 Å². The zero-order valence-electron chi connectivity index (χ0n) is 12.4. The number of nitrogens with two attached hydrogens (primary N) is 1. The number of rotatable bonds is 2. The van der Waals surface area contributed by atoms with E-state index in [9.17, 15) is 4.79 Å². The van der Waals surface area contributed by atoms with Crippen molar-refractivity contribution >= 4 is 27.5 Å². The predicted octanol–water partition coefficient (Wildman–Crippen LogP) is 4.22. The third-order valence-corrected chi connectivity index (χ3v) is 5.49. The van der Waals surface area contributed by atoms with Crippen molar-refractivity contribution in [2.45, 2.75) is 51.0 Å². The maximum atomic E-state index is 12.9. The first-order chi connectivity index (χ1) is 10.2. The molecule has 21 heavy (non-hydrogen) atoms. The summed E-state index contributed by atoms with van der Waals surface area (Å²) in [7, 11) is 0. The average Bonchev–Trinajstić information content (AvgIpc) is 2.99. The molecule has 1 aliphatic heterocycles. The molecule has 2 N–H and O–H groups in total. The molecule has 0 bridgehead atoms. The summed E-state index contributed by atoms with van der Waals surface area (Å²) in [4.78, 5) is 15.0. The van der Waals surface area contributed by atoms with E-state index in [1.807, 2.05) is 18.2 Å². The van der Waals surface area contributed by atoms with Gasteiger partial charge in [0.15, 0.2) is 0 Å². The number of hydrogen-bond donors (Lipinski definition) is 1. The minimum atomic E-state index is 0.113. The Labute approximate surface area is 135 Å². The maximum absolute atomic E-state index is 12.9. The number of benzene rings is 1. The number of likely N-dealkylation sites (tertiary alicyclic amines) is 1. The lowest BCUT2D eigenvalue weighted by Gasteiger charge is -2.34. The number of amides is 1. The van der Waals surface area contributed by atoms with Crippen LogP contribution in [-0.4, -0.2) is 23.4 Å². The fourth-order valence-electron chi connectivity index (χ4n) is 3.92. The molecule has 2 aliphatic rings. The van der Waals surface area contributed by atoms with Gasteiger partial charge in [-0.25, -0.2) is 0 Å². The highest BCUT2D eigenvalue weighted by atomic mass is 79.9. The van der Waals surface area contributed by atoms with E-state index in [1.54, 1.807) is 0 Å². The first-order valence-corrected chi connectivity index (χ1v) is 8.82. The van der Waals surface area contributed by atoms with Gasteiger partial charge in [-0.05, 0) is 49.8 Å². The Hall–Kier alpha value is -1.03. The quantitative estimate of drug-likeness (QED) is 0.811. The summed E-state index contributed by atoms with van der Waals surface area (Å²) >= 11 is 3.44. The van der Waals surface area contributed by atoms with E-state index in [0.717, 1.165) is 23.9 Å². The minimum absolute atomic E-state index is 0.113. The number of carbonyl (C=O) groups is 1. The SMILES string of the molecule is Nc1ccc(Br)cc1C(=O)N1CCCC1C1CCCCC1. The summed E-state index contributed by atoms with van der Waals surface area (Å²) < 4.78 is 0.911. The zero-order valence-corrected chi connectivity index (χ0v) is 13.9. The summed E-state index contributed by atoms with van der Waals surface area (Å²) in [6, 6.07) is 5.97. The lowest BCUT2D eigenvalue weighted by Crippen LogP contribution is -2.41. The van der Waals surface area contributed by atoms with E-state index < -0.39 is 0 Å². The molecule has 1 aliphatic carbocycles. The van der Waals surface area contributed by atoms with Gasteiger partial charge in [-0.15, -0.1) is 0 Å². The fraction of sp³-hybridized carbons (Fsp3) is 0.588. The molecule has 3 rings (SSSR count). The summed E-state index contributed by atoms with van der Waals surface area (Å²) in [5, 5.41) is 0. The molecule has 2 fully saturated rings. The van der Waals surface area contributed by atoms with Gasteiger partial charge in [-0.3, -0.25) is 4.79 Å². The number of hydrogen-bond acceptors (Lipinski definition) is 2. The highest BCUT2D eigenvalue weighted by Crippen LogP contribution is 2.35. The van der Waals surface area contributed by atoms with Gasteiger partial charge in [-0.1, -0.05) is 35.2 Å². The molecule has 1 aromatic carbocycles. The number of nitrogen functional groups attached to an aromatic ring is 1. The second kappa shape index (κ2) is 6.39. The van der Waals surface area contributed by atoms with Crippen LogP contribution in [0.1, 0.15) is 55.3 Å². The van der Waals surface area contributed by atoms with Crippen LogP contribution in [0.25, 0.3) is 0 Å². The van der Waals surface area contributed by atoms with Crippen LogP contribution in [0.3, 0.4) is 0 Å². The van der Waals surface area contributed by atoms with Crippen molar-refractivity contribution in [2.24, 2.45) is 5.92 Å². The van der Waals surface area contributed by atoms with Crippen LogP contribution in [0.15, 0.2) is 22.7 Å². The number of halogens is 1. The molecule has 114 valence electrons. The van der Waals surface area contributed by atoms with Crippen LogP contribution in [0.5, 0.6) is 0 Å². The first-order valence-electron chi connectivity index (χ1n) is 8.03. The van der Waals surface area contributed by atoms with Crippen LogP contribution in [0, 0.1) is 5.92 Å². The smallest absolute Gasteiger partial charge is 0.256 e. The van der Waals surface area contributed by atoms with E-state index >= 15 is 0 Å². The molecular formula is C17H23BrN2O. The molecule has 0 radical (unpaired) electrons. The van der Waals surface area contributed by atoms with Gasteiger partial charge >= 0.3 is 0 Å². The minimum Gasteiger partial charge on any atom is -0.398 e. The number of nitrogens with zero attached hydrogens (tertiary/aromatic N) is 1. The lowest BCUT2D eigenvalue weighted by molar-refractivity contribution is 0.0662. The van der Waals surface area contributed by atoms with Crippen LogP contribution in [0.4, 0.5) is 5.69 Å². The lowest BCUT2D eigenvalue weighted by atomic mass is 9.83. The fourth-order valence-corrected chi connectivity index (χ4v) is 4.28.